The SMILES string of the molecule is Clc1cccc(-c2noc([C@@H]3CCNC3)n2)c1. The summed E-state index contributed by atoms with van der Waals surface area (Å²) < 4.78 is 5.30. The third-order valence-electron chi connectivity index (χ3n) is 2.93. The van der Waals surface area contributed by atoms with E-state index in [1.165, 1.54) is 0 Å². The van der Waals surface area contributed by atoms with E-state index in [2.05, 4.69) is 15.5 Å². The van der Waals surface area contributed by atoms with Gasteiger partial charge in [-0.15, -0.1) is 0 Å². The Hall–Kier alpha value is -1.39. The lowest BCUT2D eigenvalue weighted by Crippen LogP contribution is -2.08. The maximum absolute atomic E-state index is 5.93. The molecule has 1 aliphatic rings. The molecule has 0 saturated carbocycles. The first-order valence-electron chi connectivity index (χ1n) is 5.63. The van der Waals surface area contributed by atoms with Crippen molar-refractivity contribution in [1.29, 1.82) is 0 Å². The number of rotatable bonds is 2. The van der Waals surface area contributed by atoms with Crippen LogP contribution in [0.3, 0.4) is 0 Å². The van der Waals surface area contributed by atoms with Crippen LogP contribution in [0.1, 0.15) is 18.2 Å². The van der Waals surface area contributed by atoms with E-state index in [4.69, 9.17) is 16.1 Å². The molecule has 0 unspecified atom stereocenters. The maximum Gasteiger partial charge on any atom is 0.231 e. The first-order valence-corrected chi connectivity index (χ1v) is 6.01. The smallest absolute Gasteiger partial charge is 0.231 e. The Bertz CT molecular complexity index is 520. The standard InChI is InChI=1S/C12H12ClN3O/c13-10-3-1-2-8(6-10)11-15-12(17-16-11)9-4-5-14-7-9/h1-3,6,9,14H,4-5,7H2/t9-/m1/s1. The van der Waals surface area contributed by atoms with Gasteiger partial charge in [0.15, 0.2) is 0 Å². The quantitative estimate of drug-likeness (QED) is 0.888. The van der Waals surface area contributed by atoms with Crippen LogP contribution >= 0.6 is 11.6 Å². The molecular weight excluding hydrogens is 238 g/mol. The van der Waals surface area contributed by atoms with E-state index in [1.807, 2.05) is 24.3 Å². The van der Waals surface area contributed by atoms with Crippen molar-refractivity contribution in [2.75, 3.05) is 13.1 Å². The molecule has 1 atom stereocenters. The van der Waals surface area contributed by atoms with Crippen LogP contribution in [-0.2, 0) is 0 Å². The largest absolute Gasteiger partial charge is 0.339 e. The molecule has 0 amide bonds. The van der Waals surface area contributed by atoms with Crippen molar-refractivity contribution in [3.8, 4) is 11.4 Å². The summed E-state index contributed by atoms with van der Waals surface area (Å²) in [5.74, 6) is 1.66. The van der Waals surface area contributed by atoms with Gasteiger partial charge in [-0.1, -0.05) is 28.9 Å². The Morgan fingerprint density at radius 3 is 3.12 bits per heavy atom. The zero-order valence-electron chi connectivity index (χ0n) is 9.19. The second-order valence-corrected chi connectivity index (χ2v) is 4.59. The summed E-state index contributed by atoms with van der Waals surface area (Å²) in [5.41, 5.74) is 0.887. The zero-order chi connectivity index (χ0) is 11.7. The Balaban J connectivity index is 1.89. The van der Waals surface area contributed by atoms with Crippen molar-refractivity contribution in [2.45, 2.75) is 12.3 Å². The molecule has 5 heteroatoms. The average molecular weight is 250 g/mol. The number of halogens is 1. The monoisotopic (exact) mass is 249 g/mol. The third-order valence-corrected chi connectivity index (χ3v) is 3.17. The first-order chi connectivity index (χ1) is 8.33. The molecule has 4 nitrogen and oxygen atoms in total. The Morgan fingerprint density at radius 1 is 1.41 bits per heavy atom. The maximum atomic E-state index is 5.93. The van der Waals surface area contributed by atoms with Gasteiger partial charge in [-0.05, 0) is 25.1 Å². The minimum atomic E-state index is 0.343. The fraction of sp³-hybridized carbons (Fsp3) is 0.333. The molecule has 2 heterocycles. The molecule has 17 heavy (non-hydrogen) atoms. The minimum Gasteiger partial charge on any atom is -0.339 e. The van der Waals surface area contributed by atoms with Crippen molar-refractivity contribution >= 4 is 11.6 Å². The van der Waals surface area contributed by atoms with E-state index >= 15 is 0 Å². The van der Waals surface area contributed by atoms with Gasteiger partial charge in [-0.2, -0.15) is 4.98 Å². The van der Waals surface area contributed by atoms with E-state index in [1.54, 1.807) is 0 Å². The van der Waals surface area contributed by atoms with Gasteiger partial charge in [0.1, 0.15) is 0 Å². The number of aromatic nitrogens is 2. The first kappa shape index (κ1) is 10.7. The molecule has 3 rings (SSSR count). The number of hydrogen-bond donors (Lipinski definition) is 1. The fourth-order valence-corrected chi connectivity index (χ4v) is 2.20. The van der Waals surface area contributed by atoms with Gasteiger partial charge < -0.3 is 9.84 Å². The lowest BCUT2D eigenvalue weighted by molar-refractivity contribution is 0.359. The summed E-state index contributed by atoms with van der Waals surface area (Å²) in [6, 6.07) is 7.47. The third kappa shape index (κ3) is 2.18. The van der Waals surface area contributed by atoms with Gasteiger partial charge >= 0.3 is 0 Å². The second kappa shape index (κ2) is 4.47. The fourth-order valence-electron chi connectivity index (χ4n) is 2.01. The van der Waals surface area contributed by atoms with Crippen molar-refractivity contribution in [2.24, 2.45) is 0 Å². The van der Waals surface area contributed by atoms with Gasteiger partial charge in [0.25, 0.3) is 0 Å². The normalized spacial score (nSPS) is 19.7. The molecule has 0 spiro atoms. The number of nitrogens with one attached hydrogen (secondary N) is 1. The topological polar surface area (TPSA) is 51.0 Å². The Morgan fingerprint density at radius 2 is 2.35 bits per heavy atom. The number of hydrogen-bond acceptors (Lipinski definition) is 4. The Kier molecular flexibility index (Phi) is 2.82. The molecule has 0 aliphatic carbocycles. The second-order valence-electron chi connectivity index (χ2n) is 4.16. The predicted molar refractivity (Wildman–Crippen MR) is 65.0 cm³/mol. The number of nitrogens with zero attached hydrogens (tertiary/aromatic N) is 2. The van der Waals surface area contributed by atoms with Crippen LogP contribution in [0.25, 0.3) is 11.4 Å². The molecule has 1 fully saturated rings. The summed E-state index contributed by atoms with van der Waals surface area (Å²) in [4.78, 5) is 4.43. The van der Waals surface area contributed by atoms with Crippen LogP contribution in [0.2, 0.25) is 5.02 Å². The lowest BCUT2D eigenvalue weighted by atomic mass is 10.1. The molecule has 0 radical (unpaired) electrons. The van der Waals surface area contributed by atoms with E-state index in [-0.39, 0.29) is 0 Å². The summed E-state index contributed by atoms with van der Waals surface area (Å²) in [5, 5.41) is 7.96. The highest BCUT2D eigenvalue weighted by atomic mass is 35.5. The van der Waals surface area contributed by atoms with Crippen molar-refractivity contribution in [1.82, 2.24) is 15.5 Å². The Labute approximate surface area is 104 Å². The van der Waals surface area contributed by atoms with Crippen molar-refractivity contribution < 1.29 is 4.52 Å². The van der Waals surface area contributed by atoms with Crippen LogP contribution < -0.4 is 5.32 Å². The van der Waals surface area contributed by atoms with E-state index in [0.29, 0.717) is 22.7 Å². The van der Waals surface area contributed by atoms with E-state index in [9.17, 15) is 0 Å². The summed E-state index contributed by atoms with van der Waals surface area (Å²) in [6.07, 6.45) is 1.05. The van der Waals surface area contributed by atoms with E-state index < -0.39 is 0 Å². The molecule has 1 aromatic carbocycles. The zero-order valence-corrected chi connectivity index (χ0v) is 9.94. The summed E-state index contributed by atoms with van der Waals surface area (Å²) >= 11 is 5.93. The van der Waals surface area contributed by atoms with Crippen molar-refractivity contribution in [3.63, 3.8) is 0 Å². The van der Waals surface area contributed by atoms with Gasteiger partial charge in [-0.3, -0.25) is 0 Å². The molecule has 1 aliphatic heterocycles. The van der Waals surface area contributed by atoms with Crippen LogP contribution in [0.5, 0.6) is 0 Å². The molecule has 88 valence electrons. The highest BCUT2D eigenvalue weighted by molar-refractivity contribution is 6.30. The van der Waals surface area contributed by atoms with Crippen LogP contribution in [0.15, 0.2) is 28.8 Å². The minimum absolute atomic E-state index is 0.343. The molecular formula is C12H12ClN3O. The van der Waals surface area contributed by atoms with Crippen molar-refractivity contribution in [3.05, 3.63) is 35.2 Å². The molecule has 1 saturated heterocycles. The van der Waals surface area contributed by atoms with Gasteiger partial charge in [0.05, 0.1) is 5.92 Å². The highest BCUT2D eigenvalue weighted by Gasteiger charge is 2.22. The van der Waals surface area contributed by atoms with Crippen LogP contribution in [0.4, 0.5) is 0 Å². The van der Waals surface area contributed by atoms with E-state index in [0.717, 1.165) is 25.1 Å². The molecule has 1 aromatic heterocycles. The van der Waals surface area contributed by atoms with Gasteiger partial charge in [-0.25, -0.2) is 0 Å². The average Bonchev–Trinajstić information content (AvgIpc) is 3.00. The molecule has 1 N–H and O–H groups in total. The van der Waals surface area contributed by atoms with Crippen LogP contribution in [-0.4, -0.2) is 23.2 Å². The summed E-state index contributed by atoms with van der Waals surface area (Å²) in [6.45, 7) is 1.93. The van der Waals surface area contributed by atoms with Gasteiger partial charge in [0, 0.05) is 17.1 Å². The van der Waals surface area contributed by atoms with Gasteiger partial charge in [0.2, 0.25) is 11.7 Å². The lowest BCUT2D eigenvalue weighted by Gasteiger charge is -1.98. The van der Waals surface area contributed by atoms with Crippen LogP contribution in [0, 0.1) is 0 Å². The highest BCUT2D eigenvalue weighted by Crippen LogP contribution is 2.24. The molecule has 2 aromatic rings. The molecule has 0 bridgehead atoms. The number of benzene rings is 1. The summed E-state index contributed by atoms with van der Waals surface area (Å²) in [7, 11) is 0. The predicted octanol–water partition coefficient (Wildman–Crippen LogP) is 2.47.